The van der Waals surface area contributed by atoms with Crippen molar-refractivity contribution < 1.29 is 22.5 Å². The van der Waals surface area contributed by atoms with Crippen LogP contribution < -0.4 is 4.72 Å². The van der Waals surface area contributed by atoms with E-state index >= 15 is 0 Å². The van der Waals surface area contributed by atoms with Crippen molar-refractivity contribution in [2.24, 2.45) is 0 Å². The van der Waals surface area contributed by atoms with Gasteiger partial charge in [-0.2, -0.15) is 0 Å². The van der Waals surface area contributed by atoms with E-state index in [0.717, 1.165) is 17.6 Å². The molecule has 0 radical (unpaired) electrons. The molecule has 0 fully saturated rings. The van der Waals surface area contributed by atoms with Crippen LogP contribution in [0.2, 0.25) is 0 Å². The van der Waals surface area contributed by atoms with Crippen LogP contribution in [0.25, 0.3) is 0 Å². The Bertz CT molecular complexity index is 688. The number of hydrogen-bond donors (Lipinski definition) is 1. The molecule has 0 aliphatic carbocycles. The minimum Gasteiger partial charge on any atom is -0.465 e. The third-order valence-electron chi connectivity index (χ3n) is 2.24. The van der Waals surface area contributed by atoms with E-state index in [4.69, 9.17) is 0 Å². The average molecular weight is 302 g/mol. The molecule has 0 amide bonds. The third kappa shape index (κ3) is 2.61. The summed E-state index contributed by atoms with van der Waals surface area (Å²) in [5, 5.41) is 4.97. The zero-order valence-corrected chi connectivity index (χ0v) is 11.7. The van der Waals surface area contributed by atoms with E-state index in [1.165, 1.54) is 13.3 Å². The summed E-state index contributed by atoms with van der Waals surface area (Å²) in [6.45, 7) is 1.60. The van der Waals surface area contributed by atoms with Crippen molar-refractivity contribution in [3.63, 3.8) is 0 Å². The second-order valence-corrected chi connectivity index (χ2v) is 6.09. The van der Waals surface area contributed by atoms with Crippen LogP contribution in [-0.4, -0.2) is 26.7 Å². The van der Waals surface area contributed by atoms with E-state index in [1.807, 2.05) is 0 Å². The Hall–Kier alpha value is -1.87. The van der Waals surface area contributed by atoms with Crippen molar-refractivity contribution in [2.45, 2.75) is 11.8 Å². The number of nitrogens with one attached hydrogen (secondary N) is 1. The predicted octanol–water partition coefficient (Wildman–Crippen LogP) is 1.63. The van der Waals surface area contributed by atoms with Crippen molar-refractivity contribution in [1.82, 2.24) is 5.16 Å². The molecule has 19 heavy (non-hydrogen) atoms. The summed E-state index contributed by atoms with van der Waals surface area (Å²) < 4.78 is 35.9. The van der Waals surface area contributed by atoms with Gasteiger partial charge in [-0.15, -0.1) is 11.3 Å². The summed E-state index contributed by atoms with van der Waals surface area (Å²) in [5.74, 6) is -0.691. The summed E-state index contributed by atoms with van der Waals surface area (Å²) >= 11 is 1.02. The molecule has 102 valence electrons. The number of rotatable bonds is 4. The van der Waals surface area contributed by atoms with Gasteiger partial charge in [0.15, 0.2) is 0 Å². The third-order valence-corrected chi connectivity index (χ3v) is 5.02. The molecule has 7 nitrogen and oxygen atoms in total. The first kappa shape index (κ1) is 13.6. The van der Waals surface area contributed by atoms with Gasteiger partial charge in [-0.25, -0.2) is 13.2 Å². The fraction of sp³-hybridized carbons (Fsp3) is 0.200. The quantitative estimate of drug-likeness (QED) is 0.862. The maximum absolute atomic E-state index is 12.2. The molecule has 0 spiro atoms. The van der Waals surface area contributed by atoms with Crippen LogP contribution in [0.5, 0.6) is 0 Å². The van der Waals surface area contributed by atoms with Gasteiger partial charge in [-0.3, -0.25) is 4.72 Å². The highest BCUT2D eigenvalue weighted by atomic mass is 32.2. The summed E-state index contributed by atoms with van der Waals surface area (Å²) in [4.78, 5) is 11.5. The number of carbonyl (C=O) groups excluding carboxylic acids is 1. The van der Waals surface area contributed by atoms with Crippen LogP contribution in [0.1, 0.15) is 15.2 Å². The molecule has 0 unspecified atom stereocenters. The number of esters is 1. The van der Waals surface area contributed by atoms with Gasteiger partial charge < -0.3 is 9.26 Å². The van der Waals surface area contributed by atoms with E-state index in [1.54, 1.807) is 12.3 Å². The second-order valence-electron chi connectivity index (χ2n) is 3.59. The molecule has 0 aliphatic heterocycles. The smallest absolute Gasteiger partial charge is 0.349 e. The number of anilines is 1. The molecule has 2 heterocycles. The van der Waals surface area contributed by atoms with E-state index in [0.29, 0.717) is 5.56 Å². The molecule has 0 saturated carbocycles. The number of hydrogen-bond acceptors (Lipinski definition) is 7. The summed E-state index contributed by atoms with van der Waals surface area (Å²) in [5.41, 5.74) is 0.649. The number of ether oxygens (including phenoxy) is 1. The van der Waals surface area contributed by atoms with E-state index in [-0.39, 0.29) is 15.5 Å². The van der Waals surface area contributed by atoms with Gasteiger partial charge in [0.2, 0.25) is 0 Å². The highest BCUT2D eigenvalue weighted by Crippen LogP contribution is 2.29. The van der Waals surface area contributed by atoms with Crippen molar-refractivity contribution in [3.05, 3.63) is 28.3 Å². The molecule has 1 N–H and O–H groups in total. The molecule has 0 aliphatic rings. The van der Waals surface area contributed by atoms with Crippen LogP contribution in [-0.2, 0) is 14.8 Å². The fourth-order valence-electron chi connectivity index (χ4n) is 1.46. The number of methoxy groups -OCH3 is 1. The molecule has 0 bridgehead atoms. The van der Waals surface area contributed by atoms with Gasteiger partial charge in [-0.1, -0.05) is 5.16 Å². The normalized spacial score (nSPS) is 11.3. The number of sulfonamides is 1. The average Bonchev–Trinajstić information content (AvgIpc) is 2.97. The molecule has 2 aromatic heterocycles. The Balaban J connectivity index is 2.46. The maximum atomic E-state index is 12.2. The van der Waals surface area contributed by atoms with Crippen LogP contribution in [0, 0.1) is 6.92 Å². The van der Waals surface area contributed by atoms with Gasteiger partial charge >= 0.3 is 5.97 Å². The first-order chi connectivity index (χ1) is 8.95. The van der Waals surface area contributed by atoms with Crippen molar-refractivity contribution in [1.29, 1.82) is 0 Å². The Morgan fingerprint density at radius 2 is 2.26 bits per heavy atom. The second kappa shape index (κ2) is 5.02. The van der Waals surface area contributed by atoms with Crippen molar-refractivity contribution >= 4 is 33.0 Å². The number of aromatic nitrogens is 1. The molecule has 0 atom stereocenters. The predicted molar refractivity (Wildman–Crippen MR) is 67.7 cm³/mol. The molecular weight excluding hydrogens is 292 g/mol. The lowest BCUT2D eigenvalue weighted by molar-refractivity contribution is 0.0602. The Labute approximate surface area is 113 Å². The largest absolute Gasteiger partial charge is 0.465 e. The molecule has 0 saturated heterocycles. The van der Waals surface area contributed by atoms with Gasteiger partial charge in [0, 0.05) is 0 Å². The van der Waals surface area contributed by atoms with Crippen LogP contribution in [0.3, 0.4) is 0 Å². The molecule has 2 aromatic rings. The van der Waals surface area contributed by atoms with Gasteiger partial charge in [-0.05, 0) is 17.9 Å². The lowest BCUT2D eigenvalue weighted by Gasteiger charge is -2.07. The summed E-state index contributed by atoms with van der Waals surface area (Å²) in [7, 11) is -2.70. The number of aryl methyl sites for hydroxylation is 1. The Morgan fingerprint density at radius 1 is 1.53 bits per heavy atom. The van der Waals surface area contributed by atoms with Gasteiger partial charge in [0.05, 0.1) is 13.3 Å². The Kier molecular flexibility index (Phi) is 3.58. The van der Waals surface area contributed by atoms with Gasteiger partial charge in [0.25, 0.3) is 10.0 Å². The number of carbonyl (C=O) groups is 1. The maximum Gasteiger partial charge on any atom is 0.349 e. The topological polar surface area (TPSA) is 98.5 Å². The molecule has 2 rings (SSSR count). The van der Waals surface area contributed by atoms with Crippen molar-refractivity contribution in [2.75, 3.05) is 11.8 Å². The van der Waals surface area contributed by atoms with E-state index in [9.17, 15) is 13.2 Å². The first-order valence-electron chi connectivity index (χ1n) is 5.04. The number of thiophene rings is 1. The summed E-state index contributed by atoms with van der Waals surface area (Å²) in [6, 6.07) is 0. The minimum atomic E-state index is -3.90. The standard InChI is InChI=1S/C10H10N2O5S2/c1-6-5-18-8(10(13)16-2)9(6)19(14,15)12-7-3-11-17-4-7/h3-5,12H,1-2H3. The zero-order valence-electron chi connectivity index (χ0n) is 10.0. The number of nitrogens with zero attached hydrogens (tertiary/aromatic N) is 1. The van der Waals surface area contributed by atoms with Crippen LogP contribution in [0.15, 0.2) is 27.3 Å². The van der Waals surface area contributed by atoms with E-state index < -0.39 is 16.0 Å². The lowest BCUT2D eigenvalue weighted by atomic mass is 10.3. The van der Waals surface area contributed by atoms with Crippen LogP contribution >= 0.6 is 11.3 Å². The van der Waals surface area contributed by atoms with Crippen LogP contribution in [0.4, 0.5) is 5.69 Å². The monoisotopic (exact) mass is 302 g/mol. The highest BCUT2D eigenvalue weighted by Gasteiger charge is 2.27. The highest BCUT2D eigenvalue weighted by molar-refractivity contribution is 7.93. The van der Waals surface area contributed by atoms with Gasteiger partial charge in [0.1, 0.15) is 21.7 Å². The Morgan fingerprint density at radius 3 is 2.84 bits per heavy atom. The SMILES string of the molecule is COC(=O)c1scc(C)c1S(=O)(=O)Nc1cnoc1. The minimum absolute atomic E-state index is 0.0314. The molecular formula is C10H10N2O5S2. The fourth-order valence-corrected chi connectivity index (χ4v) is 4.19. The van der Waals surface area contributed by atoms with Crippen molar-refractivity contribution in [3.8, 4) is 0 Å². The molecule has 9 heteroatoms. The first-order valence-corrected chi connectivity index (χ1v) is 7.40. The zero-order chi connectivity index (χ0) is 14.0. The van der Waals surface area contributed by atoms with E-state index in [2.05, 4.69) is 19.1 Å². The molecule has 0 aromatic carbocycles. The summed E-state index contributed by atoms with van der Waals surface area (Å²) in [6.07, 6.45) is 2.37. The lowest BCUT2D eigenvalue weighted by Crippen LogP contribution is -2.16.